The number of hydrogen-bond donors (Lipinski definition) is 9. The maximum absolute atomic E-state index is 12.7. The van der Waals surface area contributed by atoms with Crippen LogP contribution in [0.5, 0.6) is 5.75 Å². The number of rotatable bonds is 36. The van der Waals surface area contributed by atoms with Crippen LogP contribution in [0.2, 0.25) is 0 Å². The maximum Gasteiger partial charge on any atom is 0.425 e. The van der Waals surface area contributed by atoms with Crippen LogP contribution in [-0.2, 0) is 102 Å². The standard InChI is InChI=1S/C87H74N26O14S4.4O3S/c1-54-45-56(15-38-74(54)110-105-64-24-22-62(23-25-64)101-103-66-28-36-73(37-29-66)129(118,119)120)47-82-92-83(49-57-16-17-69(50-79(57)127-3)109-112-77-41-32-70(51-80(77)130(121,122)123)107-98-59-11-6-4-7-12-59)94-84(93-82)88-43-10-44-89-85-95-86(90-67-30-39-75(55(2)46-67)111-113-78-42-33-71(52-81(78)131(124,125)126)108-99-60-13-8-5-9-14-60)97-87(96-85)91-76-40-31-68(48-58(76)53-114)106-104-63-20-18-61(19-21-63)100-102-65-26-34-72(35-27-65)128(115,116)117;4*1-4(2)3/h4-9,11-42,45-46,48,50-52,114H,10,43-44,47,49,53H2,1-3H3,(H,115,116,117)(H,118,119,120)(H,121,122,123)(H,124,125,126)(H,88,92,93,94)(H3,89,90,91,95,96,97);;;;. The summed E-state index contributed by atoms with van der Waals surface area (Å²) in [4.78, 5) is 27.2. The first-order valence-corrected chi connectivity index (χ1v) is 50.9. The Labute approximate surface area is 840 Å². The molecule has 147 heavy (non-hydrogen) atoms. The highest BCUT2D eigenvalue weighted by Gasteiger charge is 2.22. The molecule has 14 rings (SSSR count). The molecule has 14 aromatic rings. The van der Waals surface area contributed by atoms with E-state index in [-0.39, 0.29) is 88.0 Å². The third kappa shape index (κ3) is 38.1. The Morgan fingerprint density at radius 2 is 0.619 bits per heavy atom. The Balaban J connectivity index is 0.00000129. The van der Waals surface area contributed by atoms with E-state index in [1.54, 1.807) is 159 Å². The molecule has 0 aliphatic heterocycles. The smallest absolute Gasteiger partial charge is 0.425 e. The first-order valence-electron chi connectivity index (χ1n) is 41.2. The van der Waals surface area contributed by atoms with Gasteiger partial charge in [-0.1, -0.05) is 54.6 Å². The van der Waals surface area contributed by atoms with Crippen molar-refractivity contribution in [3.63, 3.8) is 0 Å². The quantitative estimate of drug-likeness (QED) is 0.0100. The van der Waals surface area contributed by atoms with E-state index in [0.717, 1.165) is 23.3 Å². The fourth-order valence-corrected chi connectivity index (χ4v) is 14.4. The van der Waals surface area contributed by atoms with Crippen molar-refractivity contribution in [2.75, 3.05) is 41.5 Å². The fourth-order valence-electron chi connectivity index (χ4n) is 12.1. The number of nitrogens with one attached hydrogen (secondary N) is 4. The summed E-state index contributed by atoms with van der Waals surface area (Å²) in [5.74, 6) is 1.54. The highest BCUT2D eigenvalue weighted by atomic mass is 32.2. The van der Waals surface area contributed by atoms with Gasteiger partial charge in [0.2, 0.25) is 23.8 Å². The second kappa shape index (κ2) is 53.6. The summed E-state index contributed by atoms with van der Waals surface area (Å²) in [7, 11) is -29.3. The predicted octanol–water partition coefficient (Wildman–Crippen LogP) is 19.1. The van der Waals surface area contributed by atoms with Gasteiger partial charge in [0.1, 0.15) is 38.6 Å². The monoisotopic (exact) mass is 2150 g/mol. The fraction of sp³-hybridized carbons (Fsp3) is 0.103. The predicted molar refractivity (Wildman–Crippen MR) is 524 cm³/mol. The number of aromatic nitrogens is 6. The molecule has 0 spiro atoms. The zero-order valence-electron chi connectivity index (χ0n) is 75.6. The topological polar surface area (TPSA) is 775 Å². The van der Waals surface area contributed by atoms with Gasteiger partial charge in [-0.05, 0) is 243 Å². The summed E-state index contributed by atoms with van der Waals surface area (Å²) >= 11 is 0. The minimum atomic E-state index is -4.81. The van der Waals surface area contributed by atoms with Gasteiger partial charge in [-0.25, -0.2) is 4.98 Å². The number of anilines is 6. The first-order chi connectivity index (χ1) is 69.9. The molecule has 0 saturated heterocycles. The number of aryl methyl sites for hydroxylation is 2. The molecule has 2 aromatic heterocycles. The molecular weight excluding hydrogens is 2080 g/mol. The van der Waals surface area contributed by atoms with Crippen molar-refractivity contribution in [2.45, 2.75) is 59.3 Å². The van der Waals surface area contributed by atoms with Crippen molar-refractivity contribution in [3.05, 3.63) is 306 Å². The molecule has 0 fully saturated rings. The lowest BCUT2D eigenvalue weighted by Gasteiger charge is -2.14. The molecule has 60 heteroatoms. The van der Waals surface area contributed by atoms with E-state index in [2.05, 4.69) is 103 Å². The molecule has 0 aliphatic carbocycles. The Hall–Kier alpha value is -17.5. The van der Waals surface area contributed by atoms with Crippen LogP contribution in [0.25, 0.3) is 0 Å². The van der Waals surface area contributed by atoms with E-state index in [1.807, 2.05) is 37.3 Å². The van der Waals surface area contributed by atoms with Gasteiger partial charge < -0.3 is 31.1 Å². The van der Waals surface area contributed by atoms with E-state index >= 15 is 0 Å². The molecule has 0 unspecified atom stereocenters. The van der Waals surface area contributed by atoms with Gasteiger partial charge in [0, 0.05) is 54.5 Å². The summed E-state index contributed by atoms with van der Waals surface area (Å²) in [6, 6.07) is 69.9. The van der Waals surface area contributed by atoms with Crippen molar-refractivity contribution in [3.8, 4) is 5.75 Å². The molecular formula is C87H74N26O26S8. The third-order valence-electron chi connectivity index (χ3n) is 18.6. The van der Waals surface area contributed by atoms with Crippen molar-refractivity contribution in [1.82, 2.24) is 29.9 Å². The van der Waals surface area contributed by atoms with E-state index in [4.69, 9.17) is 85.1 Å². The van der Waals surface area contributed by atoms with Crippen molar-refractivity contribution in [1.29, 1.82) is 0 Å². The van der Waals surface area contributed by atoms with Gasteiger partial charge in [0.15, 0.2) is 0 Å². The van der Waals surface area contributed by atoms with Crippen LogP contribution in [0.15, 0.2) is 368 Å². The number of aliphatic hydroxyl groups excluding tert-OH is 1. The van der Waals surface area contributed by atoms with Gasteiger partial charge in [0.25, 0.3) is 40.5 Å². The van der Waals surface area contributed by atoms with Gasteiger partial charge in [0.05, 0.1) is 103 Å². The number of methoxy groups -OCH3 is 1. The summed E-state index contributed by atoms with van der Waals surface area (Å²) in [6.07, 6.45) is 0.767. The molecule has 0 radical (unpaired) electrons. The second-order valence-corrected chi connectivity index (χ2v) is 36.3. The minimum Gasteiger partial charge on any atom is -0.496 e. The van der Waals surface area contributed by atoms with E-state index in [0.29, 0.717) is 114 Å². The summed E-state index contributed by atoms with van der Waals surface area (Å²) in [6.45, 7) is 3.73. The van der Waals surface area contributed by atoms with E-state index < -0.39 is 99.3 Å². The highest BCUT2D eigenvalue weighted by molar-refractivity contribution is 7.86. The van der Waals surface area contributed by atoms with E-state index in [9.17, 15) is 57.0 Å². The molecule has 12 aromatic carbocycles. The third-order valence-corrected chi connectivity index (χ3v) is 22.1. The number of benzene rings is 12. The lowest BCUT2D eigenvalue weighted by Crippen LogP contribution is -2.15. The van der Waals surface area contributed by atoms with Gasteiger partial charge >= 0.3 is 42.4 Å². The van der Waals surface area contributed by atoms with Gasteiger partial charge in [-0.3, -0.25) is 18.2 Å². The minimum absolute atomic E-state index is 0.0390. The molecule has 0 bridgehead atoms. The number of nitrogens with zero attached hydrogens (tertiary/aromatic N) is 22. The van der Waals surface area contributed by atoms with Crippen molar-refractivity contribution in [2.24, 2.45) is 81.8 Å². The van der Waals surface area contributed by atoms with Gasteiger partial charge in [-0.2, -0.15) is 130 Å². The maximum atomic E-state index is 12.7. The lowest BCUT2D eigenvalue weighted by molar-refractivity contribution is 0.282. The van der Waals surface area contributed by atoms with Crippen LogP contribution in [0, 0.1) is 13.8 Å². The molecule has 0 aliphatic rings. The van der Waals surface area contributed by atoms with Gasteiger partial charge in [-0.15, -0.1) is 60.7 Å². The Bertz CT molecular complexity index is 8280. The average Bonchev–Trinajstić information content (AvgIpc) is 0.809. The zero-order valence-corrected chi connectivity index (χ0v) is 82.1. The van der Waals surface area contributed by atoms with E-state index in [1.165, 1.54) is 79.9 Å². The first kappa shape index (κ1) is 112. The molecule has 756 valence electrons. The van der Waals surface area contributed by atoms with Crippen LogP contribution in [0.3, 0.4) is 0 Å². The number of aliphatic hydroxyl groups is 1. The molecule has 0 saturated carbocycles. The molecule has 9 N–H and O–H groups in total. The lowest BCUT2D eigenvalue weighted by atomic mass is 10.1. The SMILES string of the molecule is COc1cc(N=Nc2ccc(N=Nc3ccccc3)cc2S(=O)(=O)O)ccc1Cc1nc(Cc2ccc(N=Nc3ccc(N=Nc4ccc(S(=O)(=O)O)cc4)cc3)c(C)c2)nc(NCCCNc2nc(Nc3ccc(N=Nc4ccc(N=Nc5ccccc5)cc4S(=O)(=O)O)c(C)c3)nc(Nc3ccc(N=Nc4ccc(N=Nc5ccc(S(=O)(=O)O)cc5)cc4)cc3CO)n2)n1.O=S(=O)=O.O=S(=O)=O.O=S(=O)=O.O=S(=O)=O. The van der Waals surface area contributed by atoms with Crippen LogP contribution < -0.4 is 26.0 Å². The molecule has 2 heterocycles. The number of azo groups is 8. The number of ether oxygens (including phenoxy) is 1. The second-order valence-electron chi connectivity index (χ2n) is 29.0. The Morgan fingerprint density at radius 1 is 0.299 bits per heavy atom. The summed E-state index contributed by atoms with van der Waals surface area (Å²) < 4.78 is 243. The highest BCUT2D eigenvalue weighted by Crippen LogP contribution is 2.38. The number of hydrogen-bond acceptors (Lipinski definition) is 48. The van der Waals surface area contributed by atoms with Crippen molar-refractivity contribution < 1.29 is 112 Å². The molecule has 0 atom stereocenters. The molecule has 0 amide bonds. The average molecular weight is 2160 g/mol. The largest absolute Gasteiger partial charge is 0.496 e. The summed E-state index contributed by atoms with van der Waals surface area (Å²) in [5.41, 5.74) is 9.30. The Morgan fingerprint density at radius 3 is 1.03 bits per heavy atom. The Kier molecular flexibility index (Phi) is 40.6. The zero-order chi connectivity index (χ0) is 106. The normalized spacial score (nSPS) is 11.6. The molecule has 52 nitrogen and oxygen atoms in total. The van der Waals surface area contributed by atoms with Crippen LogP contribution in [0.1, 0.15) is 45.9 Å². The van der Waals surface area contributed by atoms with Crippen molar-refractivity contribution >= 4 is 209 Å². The van der Waals surface area contributed by atoms with Crippen LogP contribution in [0.4, 0.5) is 126 Å². The van der Waals surface area contributed by atoms with Crippen LogP contribution >= 0.6 is 0 Å². The summed E-state index contributed by atoms with van der Waals surface area (Å²) in [5, 5.41) is 91.8. The van der Waals surface area contributed by atoms with Crippen LogP contribution in [-0.4, -0.2) is 158 Å².